The Hall–Kier alpha value is -1.38. The number of nitrogens with two attached hydrogens (primary N) is 1. The van der Waals surface area contributed by atoms with Crippen LogP contribution >= 0.6 is 11.6 Å². The van der Waals surface area contributed by atoms with Crippen LogP contribution in [-0.4, -0.2) is 0 Å². The molecule has 0 radical (unpaired) electrons. The minimum atomic E-state index is -0.397. The van der Waals surface area contributed by atoms with Gasteiger partial charge in [0.1, 0.15) is 5.82 Å². The van der Waals surface area contributed by atoms with Crippen molar-refractivity contribution in [3.63, 3.8) is 0 Å². The Kier molecular flexibility index (Phi) is 4.00. The highest BCUT2D eigenvalue weighted by Gasteiger charge is 2.10. The van der Waals surface area contributed by atoms with E-state index in [1.54, 1.807) is 6.07 Å². The van der Waals surface area contributed by atoms with E-state index in [0.29, 0.717) is 6.42 Å². The van der Waals surface area contributed by atoms with Crippen LogP contribution < -0.4 is 5.73 Å². The molecule has 0 fully saturated rings. The van der Waals surface area contributed by atoms with E-state index < -0.39 is 5.82 Å². The van der Waals surface area contributed by atoms with E-state index in [1.807, 2.05) is 37.3 Å². The monoisotopic (exact) mass is 263 g/mol. The summed E-state index contributed by atoms with van der Waals surface area (Å²) in [6, 6.07) is 12.7. The fraction of sp³-hybridized carbons (Fsp3) is 0.200. The van der Waals surface area contributed by atoms with Crippen LogP contribution in [0.15, 0.2) is 42.5 Å². The van der Waals surface area contributed by atoms with Gasteiger partial charge in [-0.1, -0.05) is 41.9 Å². The molecule has 0 spiro atoms. The molecule has 0 heterocycles. The first-order chi connectivity index (χ1) is 8.58. The average molecular weight is 264 g/mol. The normalized spacial score (nSPS) is 12.4. The third kappa shape index (κ3) is 2.89. The Labute approximate surface area is 111 Å². The number of aryl methyl sites for hydroxylation is 1. The van der Waals surface area contributed by atoms with Crippen molar-refractivity contribution in [1.82, 2.24) is 0 Å². The Morgan fingerprint density at radius 3 is 2.61 bits per heavy atom. The van der Waals surface area contributed by atoms with Gasteiger partial charge < -0.3 is 5.73 Å². The lowest BCUT2D eigenvalue weighted by molar-refractivity contribution is 0.622. The van der Waals surface area contributed by atoms with Crippen LogP contribution in [0.25, 0.3) is 0 Å². The lowest BCUT2D eigenvalue weighted by Crippen LogP contribution is -2.14. The molecule has 94 valence electrons. The zero-order valence-electron chi connectivity index (χ0n) is 10.2. The van der Waals surface area contributed by atoms with Crippen LogP contribution in [0.2, 0.25) is 5.02 Å². The molecule has 2 N–H and O–H groups in total. The predicted octanol–water partition coefficient (Wildman–Crippen LogP) is 4.03. The second kappa shape index (κ2) is 5.51. The molecule has 0 aromatic heterocycles. The molecular formula is C15H15ClFN. The number of rotatable bonds is 3. The molecule has 0 aliphatic heterocycles. The second-order valence-electron chi connectivity index (χ2n) is 4.42. The summed E-state index contributed by atoms with van der Waals surface area (Å²) in [5, 5.41) is 0.142. The van der Waals surface area contributed by atoms with Gasteiger partial charge in [-0.25, -0.2) is 4.39 Å². The molecule has 0 aliphatic rings. The van der Waals surface area contributed by atoms with Crippen LogP contribution in [0, 0.1) is 12.7 Å². The van der Waals surface area contributed by atoms with Gasteiger partial charge in [0.2, 0.25) is 0 Å². The summed E-state index contributed by atoms with van der Waals surface area (Å²) in [6.07, 6.45) is 0.596. The maximum atomic E-state index is 13.3. The Balaban J connectivity index is 2.19. The van der Waals surface area contributed by atoms with E-state index in [-0.39, 0.29) is 11.1 Å². The van der Waals surface area contributed by atoms with Crippen LogP contribution in [0.4, 0.5) is 4.39 Å². The fourth-order valence-electron chi connectivity index (χ4n) is 2.03. The summed E-state index contributed by atoms with van der Waals surface area (Å²) < 4.78 is 13.3. The Morgan fingerprint density at radius 2 is 1.94 bits per heavy atom. The second-order valence-corrected chi connectivity index (χ2v) is 4.82. The highest BCUT2D eigenvalue weighted by atomic mass is 35.5. The molecule has 3 heteroatoms. The quantitative estimate of drug-likeness (QED) is 0.889. The summed E-state index contributed by atoms with van der Waals surface area (Å²) >= 11 is 5.65. The highest BCUT2D eigenvalue weighted by molar-refractivity contribution is 6.30. The van der Waals surface area contributed by atoms with E-state index in [4.69, 9.17) is 17.3 Å². The lowest BCUT2D eigenvalue weighted by atomic mass is 9.96. The average Bonchev–Trinajstić information content (AvgIpc) is 2.34. The molecule has 0 saturated heterocycles. The van der Waals surface area contributed by atoms with Crippen LogP contribution in [0.5, 0.6) is 0 Å². The largest absolute Gasteiger partial charge is 0.324 e. The molecule has 0 aliphatic carbocycles. The maximum absolute atomic E-state index is 13.3. The van der Waals surface area contributed by atoms with Crippen molar-refractivity contribution in [1.29, 1.82) is 0 Å². The number of benzene rings is 2. The molecule has 2 aromatic carbocycles. The van der Waals surface area contributed by atoms with E-state index in [1.165, 1.54) is 6.07 Å². The summed E-state index contributed by atoms with van der Waals surface area (Å²) in [6.45, 7) is 2.03. The third-order valence-electron chi connectivity index (χ3n) is 3.03. The van der Waals surface area contributed by atoms with Crippen molar-refractivity contribution in [3.05, 3.63) is 70.0 Å². The summed E-state index contributed by atoms with van der Waals surface area (Å²) in [7, 11) is 0. The van der Waals surface area contributed by atoms with Gasteiger partial charge in [0, 0.05) is 6.04 Å². The molecule has 2 rings (SSSR count). The van der Waals surface area contributed by atoms with Crippen molar-refractivity contribution in [2.45, 2.75) is 19.4 Å². The van der Waals surface area contributed by atoms with Crippen LogP contribution in [0.3, 0.4) is 0 Å². The first kappa shape index (κ1) is 13.1. The van der Waals surface area contributed by atoms with Crippen LogP contribution in [0.1, 0.15) is 22.7 Å². The molecule has 1 atom stereocenters. The summed E-state index contributed by atoms with van der Waals surface area (Å²) in [4.78, 5) is 0. The standard InChI is InChI=1S/C15H15ClFN/c1-10-4-2-3-5-12(10)15(18)9-11-6-7-13(16)14(17)8-11/h2-8,15H,9,18H2,1H3. The SMILES string of the molecule is Cc1ccccc1C(N)Cc1ccc(Cl)c(F)c1. The molecule has 1 unspecified atom stereocenters. The van der Waals surface area contributed by atoms with E-state index in [0.717, 1.165) is 16.7 Å². The third-order valence-corrected chi connectivity index (χ3v) is 3.33. The number of hydrogen-bond donors (Lipinski definition) is 1. The molecule has 0 amide bonds. The van der Waals surface area contributed by atoms with Crippen LogP contribution in [-0.2, 0) is 6.42 Å². The molecule has 0 saturated carbocycles. The minimum absolute atomic E-state index is 0.133. The molecule has 18 heavy (non-hydrogen) atoms. The van der Waals surface area contributed by atoms with Gasteiger partial charge in [-0.2, -0.15) is 0 Å². The van der Waals surface area contributed by atoms with Gasteiger partial charge in [-0.3, -0.25) is 0 Å². The van der Waals surface area contributed by atoms with Crippen molar-refractivity contribution >= 4 is 11.6 Å². The molecule has 2 aromatic rings. The van der Waals surface area contributed by atoms with Gasteiger partial charge in [-0.15, -0.1) is 0 Å². The topological polar surface area (TPSA) is 26.0 Å². The van der Waals surface area contributed by atoms with Crippen molar-refractivity contribution in [3.8, 4) is 0 Å². The first-order valence-electron chi connectivity index (χ1n) is 5.83. The fourth-order valence-corrected chi connectivity index (χ4v) is 2.15. The number of halogens is 2. The smallest absolute Gasteiger partial charge is 0.142 e. The Bertz CT molecular complexity index is 554. The van der Waals surface area contributed by atoms with Crippen molar-refractivity contribution in [2.24, 2.45) is 5.73 Å². The summed E-state index contributed by atoms with van der Waals surface area (Å²) in [5.41, 5.74) is 9.26. The molecule has 1 nitrogen and oxygen atoms in total. The van der Waals surface area contributed by atoms with Gasteiger partial charge in [0.25, 0.3) is 0 Å². The van der Waals surface area contributed by atoms with Crippen molar-refractivity contribution in [2.75, 3.05) is 0 Å². The van der Waals surface area contributed by atoms with Gasteiger partial charge in [0.15, 0.2) is 0 Å². The van der Waals surface area contributed by atoms with Gasteiger partial charge >= 0.3 is 0 Å². The Morgan fingerprint density at radius 1 is 1.22 bits per heavy atom. The van der Waals surface area contributed by atoms with E-state index in [9.17, 15) is 4.39 Å². The molecule has 0 bridgehead atoms. The highest BCUT2D eigenvalue weighted by Crippen LogP contribution is 2.22. The number of hydrogen-bond acceptors (Lipinski definition) is 1. The van der Waals surface area contributed by atoms with E-state index in [2.05, 4.69) is 0 Å². The predicted molar refractivity (Wildman–Crippen MR) is 73.2 cm³/mol. The zero-order valence-corrected chi connectivity index (χ0v) is 10.9. The van der Waals surface area contributed by atoms with Gasteiger partial charge in [-0.05, 0) is 42.2 Å². The maximum Gasteiger partial charge on any atom is 0.142 e. The molecular weight excluding hydrogens is 249 g/mol. The first-order valence-corrected chi connectivity index (χ1v) is 6.21. The lowest BCUT2D eigenvalue weighted by Gasteiger charge is -2.15. The summed E-state index contributed by atoms with van der Waals surface area (Å²) in [5.74, 6) is -0.397. The van der Waals surface area contributed by atoms with E-state index >= 15 is 0 Å². The van der Waals surface area contributed by atoms with Gasteiger partial charge in [0.05, 0.1) is 5.02 Å². The van der Waals surface area contributed by atoms with Crippen molar-refractivity contribution < 1.29 is 4.39 Å². The minimum Gasteiger partial charge on any atom is -0.324 e. The zero-order chi connectivity index (χ0) is 13.1.